The molecular weight excluding hydrogens is 602 g/mol. The molecule has 4 aromatic rings. The van der Waals surface area contributed by atoms with E-state index in [4.69, 9.17) is 9.72 Å². The monoisotopic (exact) mass is 640 g/mol. The van der Waals surface area contributed by atoms with Crippen molar-refractivity contribution < 1.29 is 21.9 Å². The maximum Gasteiger partial charge on any atom is 0.296 e. The average molecular weight is 641 g/mol. The Morgan fingerprint density at radius 3 is 2.31 bits per heavy atom. The average Bonchev–Trinajstić information content (AvgIpc) is 3.41. The third kappa shape index (κ3) is 6.92. The molecule has 6 rings (SSSR count). The van der Waals surface area contributed by atoms with Crippen molar-refractivity contribution in [3.05, 3.63) is 65.5 Å². The zero-order valence-electron chi connectivity index (χ0n) is 25.7. The Kier molecular flexibility index (Phi) is 8.72. The first-order valence-electron chi connectivity index (χ1n) is 15.1. The number of halogens is 2. The molecule has 0 aliphatic carbocycles. The van der Waals surface area contributed by atoms with E-state index in [9.17, 15) is 17.2 Å². The van der Waals surface area contributed by atoms with Crippen molar-refractivity contribution in [2.75, 3.05) is 55.9 Å². The summed E-state index contributed by atoms with van der Waals surface area (Å²) in [5.41, 5.74) is 2.71. The highest BCUT2D eigenvalue weighted by Gasteiger charge is 2.30. The quantitative estimate of drug-likeness (QED) is 0.281. The second kappa shape index (κ2) is 12.6. The number of ether oxygens (including phenoxy) is 1. The third-order valence-corrected chi connectivity index (χ3v) is 9.69. The Hall–Kier alpha value is -3.75. The first kappa shape index (κ1) is 31.2. The number of hydrogen-bond donors (Lipinski definition) is 1. The Balaban J connectivity index is 1.32. The molecule has 2 aromatic carbocycles. The number of alkyl halides is 2. The molecule has 4 heterocycles. The molecule has 2 aliphatic rings. The number of nitrogens with one attached hydrogen (secondary N) is 1. The van der Waals surface area contributed by atoms with Crippen LogP contribution in [0.3, 0.4) is 0 Å². The van der Waals surface area contributed by atoms with Crippen molar-refractivity contribution >= 4 is 33.0 Å². The fraction of sp³-hybridized carbons (Fsp3) is 0.484. The summed E-state index contributed by atoms with van der Waals surface area (Å²) in [5.74, 6) is 0.512. The topological polar surface area (TPSA) is 118 Å². The highest BCUT2D eigenvalue weighted by molar-refractivity contribution is 7.88. The zero-order chi connectivity index (χ0) is 31.8. The Morgan fingerprint density at radius 2 is 1.60 bits per heavy atom. The third-order valence-electron chi connectivity index (χ3n) is 8.39. The van der Waals surface area contributed by atoms with Crippen molar-refractivity contribution in [1.82, 2.24) is 28.8 Å². The molecule has 2 saturated heterocycles. The lowest BCUT2D eigenvalue weighted by atomic mass is 9.83. The molecule has 11 nitrogen and oxygen atoms in total. The highest BCUT2D eigenvalue weighted by atomic mass is 32.2. The number of fused-ring (bicyclic) bond motifs is 1. The van der Waals surface area contributed by atoms with Gasteiger partial charge in [-0.15, -0.1) is 0 Å². The number of hydrogen-bond acceptors (Lipinski definition) is 9. The summed E-state index contributed by atoms with van der Waals surface area (Å²) in [5, 5.41) is 3.47. The van der Waals surface area contributed by atoms with Crippen LogP contribution in [0.25, 0.3) is 17.0 Å². The molecule has 1 N–H and O–H groups in total. The summed E-state index contributed by atoms with van der Waals surface area (Å²) in [6.45, 7) is 7.23. The second-order valence-electron chi connectivity index (χ2n) is 12.3. The van der Waals surface area contributed by atoms with Crippen LogP contribution >= 0.6 is 0 Å². The van der Waals surface area contributed by atoms with Gasteiger partial charge in [0.25, 0.3) is 6.43 Å². The Morgan fingerprint density at radius 1 is 0.933 bits per heavy atom. The van der Waals surface area contributed by atoms with Crippen molar-refractivity contribution in [3.8, 4) is 5.95 Å². The van der Waals surface area contributed by atoms with E-state index in [2.05, 4.69) is 32.4 Å². The van der Waals surface area contributed by atoms with Crippen LogP contribution in [0.4, 0.5) is 20.7 Å². The fourth-order valence-corrected chi connectivity index (χ4v) is 7.10. The number of rotatable bonds is 9. The number of imidazole rings is 1. The van der Waals surface area contributed by atoms with Gasteiger partial charge in [0.15, 0.2) is 5.82 Å². The van der Waals surface area contributed by atoms with E-state index >= 15 is 0 Å². The maximum absolute atomic E-state index is 14.3. The summed E-state index contributed by atoms with van der Waals surface area (Å²) in [4.78, 5) is 20.2. The smallest absolute Gasteiger partial charge is 0.296 e. The van der Waals surface area contributed by atoms with Crippen LogP contribution in [0.1, 0.15) is 56.0 Å². The molecule has 45 heavy (non-hydrogen) atoms. The molecule has 0 amide bonds. The van der Waals surface area contributed by atoms with Crippen LogP contribution in [0.15, 0.2) is 48.5 Å². The van der Waals surface area contributed by atoms with E-state index in [-0.39, 0.29) is 17.8 Å². The lowest BCUT2D eigenvalue weighted by molar-refractivity contribution is 0.122. The summed E-state index contributed by atoms with van der Waals surface area (Å²) in [6, 6.07) is 15.2. The minimum atomic E-state index is -3.21. The van der Waals surface area contributed by atoms with Crippen molar-refractivity contribution in [1.29, 1.82) is 0 Å². The predicted molar refractivity (Wildman–Crippen MR) is 169 cm³/mol. The van der Waals surface area contributed by atoms with E-state index < -0.39 is 27.8 Å². The van der Waals surface area contributed by atoms with Gasteiger partial charge >= 0.3 is 0 Å². The van der Waals surface area contributed by atoms with Gasteiger partial charge in [0, 0.05) is 31.7 Å². The predicted octanol–water partition coefficient (Wildman–Crippen LogP) is 4.56. The van der Waals surface area contributed by atoms with Crippen LogP contribution in [0.5, 0.6) is 0 Å². The number of anilines is 2. The standard InChI is InChI=1S/C31H38F2N8O3S/c1-31(2,20-22-8-4-5-9-23(22)21-12-14-40(15-13-21)45(3,42)43)38-28-35-29(39-16-18-44-19-17-39)37-30(36-28)41-25-11-7-6-10-24(25)34-27(41)26(32)33/h4-11,21,26H,12-20H2,1-3H3,(H,35,36,37,38). The maximum atomic E-state index is 14.3. The number of para-hydroxylation sites is 2. The largest absolute Gasteiger partial charge is 0.378 e. The Labute approximate surface area is 261 Å². The molecule has 0 bridgehead atoms. The van der Waals surface area contributed by atoms with Crippen molar-refractivity contribution in [3.63, 3.8) is 0 Å². The van der Waals surface area contributed by atoms with Crippen LogP contribution in [0, 0.1) is 0 Å². The first-order valence-corrected chi connectivity index (χ1v) is 17.0. The van der Waals surface area contributed by atoms with E-state index in [1.54, 1.807) is 28.6 Å². The van der Waals surface area contributed by atoms with Gasteiger partial charge < -0.3 is 15.0 Å². The van der Waals surface area contributed by atoms with Gasteiger partial charge in [0.1, 0.15) is 0 Å². The second-order valence-corrected chi connectivity index (χ2v) is 14.3. The lowest BCUT2D eigenvalue weighted by Gasteiger charge is -2.33. The van der Waals surface area contributed by atoms with Crippen LogP contribution in [-0.2, 0) is 21.2 Å². The molecular formula is C31H38F2N8O3S. The highest BCUT2D eigenvalue weighted by Crippen LogP contribution is 2.34. The molecule has 14 heteroatoms. The van der Waals surface area contributed by atoms with Gasteiger partial charge in [-0.1, -0.05) is 36.4 Å². The van der Waals surface area contributed by atoms with E-state index in [1.165, 1.54) is 16.4 Å². The molecule has 2 aromatic heterocycles. The van der Waals surface area contributed by atoms with Gasteiger partial charge in [-0.05, 0) is 62.3 Å². The number of nitrogens with zero attached hydrogens (tertiary/aromatic N) is 7. The molecule has 0 saturated carbocycles. The SMILES string of the molecule is CC(C)(Cc1ccccc1C1CCN(S(C)(=O)=O)CC1)Nc1nc(N2CCOCC2)nc(-n2c(C(F)F)nc3ccccc32)n1. The van der Waals surface area contributed by atoms with Crippen LogP contribution in [0.2, 0.25) is 0 Å². The summed E-state index contributed by atoms with van der Waals surface area (Å²) in [6.07, 6.45) is 0.552. The van der Waals surface area contributed by atoms with Gasteiger partial charge in [-0.25, -0.2) is 26.5 Å². The van der Waals surface area contributed by atoms with Crippen molar-refractivity contribution in [2.24, 2.45) is 0 Å². The van der Waals surface area contributed by atoms with Crippen LogP contribution < -0.4 is 10.2 Å². The van der Waals surface area contributed by atoms with E-state index in [0.717, 1.165) is 18.4 Å². The number of morpholine rings is 1. The molecule has 2 aliphatic heterocycles. The summed E-state index contributed by atoms with van der Waals surface area (Å²) in [7, 11) is -3.21. The zero-order valence-corrected chi connectivity index (χ0v) is 26.5. The number of piperidine rings is 1. The number of benzene rings is 2. The van der Waals surface area contributed by atoms with E-state index in [0.29, 0.717) is 62.8 Å². The summed E-state index contributed by atoms with van der Waals surface area (Å²) < 4.78 is 61.0. The van der Waals surface area contributed by atoms with Gasteiger partial charge in [0.05, 0.1) is 30.5 Å². The molecule has 0 radical (unpaired) electrons. The fourth-order valence-electron chi connectivity index (χ4n) is 6.23. The molecule has 0 spiro atoms. The lowest BCUT2D eigenvalue weighted by Crippen LogP contribution is -2.39. The molecule has 0 atom stereocenters. The van der Waals surface area contributed by atoms with Crippen LogP contribution in [-0.4, -0.2) is 88.4 Å². The molecule has 2 fully saturated rings. The van der Waals surface area contributed by atoms with Crippen molar-refractivity contribution in [2.45, 2.75) is 51.0 Å². The number of aromatic nitrogens is 5. The van der Waals surface area contributed by atoms with Gasteiger partial charge in [-0.2, -0.15) is 15.0 Å². The van der Waals surface area contributed by atoms with Gasteiger partial charge in [0.2, 0.25) is 27.9 Å². The Bertz CT molecular complexity index is 1770. The van der Waals surface area contributed by atoms with E-state index in [1.807, 2.05) is 30.9 Å². The first-order chi connectivity index (χ1) is 21.5. The normalized spacial score (nSPS) is 17.3. The summed E-state index contributed by atoms with van der Waals surface area (Å²) >= 11 is 0. The molecule has 0 unspecified atom stereocenters. The minimum absolute atomic E-state index is 0.0619. The van der Waals surface area contributed by atoms with Gasteiger partial charge in [-0.3, -0.25) is 4.57 Å². The number of sulfonamides is 1. The molecule has 240 valence electrons. The minimum Gasteiger partial charge on any atom is -0.378 e.